The molecule has 0 aliphatic carbocycles. The van der Waals surface area contributed by atoms with Crippen LogP contribution in [0.3, 0.4) is 0 Å². The van der Waals surface area contributed by atoms with E-state index in [0.717, 1.165) is 12.8 Å². The molecule has 0 aliphatic rings. The van der Waals surface area contributed by atoms with Gasteiger partial charge in [-0.05, 0) is 19.8 Å². The molecule has 0 bridgehead atoms. The molecule has 4 nitrogen and oxygen atoms in total. The number of hydrogen-bond acceptors (Lipinski definition) is 4. The summed E-state index contributed by atoms with van der Waals surface area (Å²) in [7, 11) is 0. The van der Waals surface area contributed by atoms with Crippen LogP contribution in [0, 0.1) is 0 Å². The Morgan fingerprint density at radius 2 is 1.33 bits per heavy atom. The molecule has 0 rings (SSSR count). The summed E-state index contributed by atoms with van der Waals surface area (Å²) in [4.78, 5) is 0. The van der Waals surface area contributed by atoms with E-state index >= 15 is 0 Å². The van der Waals surface area contributed by atoms with Crippen LogP contribution in [0.25, 0.3) is 0 Å². The third kappa shape index (κ3) is 5.49. The first-order valence-corrected chi connectivity index (χ1v) is 4.42. The SMILES string of the molecule is CCC(N)OC(C)OC(N)CC. The first-order chi connectivity index (χ1) is 5.60. The van der Waals surface area contributed by atoms with Crippen LogP contribution < -0.4 is 11.5 Å². The number of ether oxygens (including phenoxy) is 2. The van der Waals surface area contributed by atoms with E-state index in [-0.39, 0.29) is 18.7 Å². The van der Waals surface area contributed by atoms with Gasteiger partial charge in [-0.1, -0.05) is 13.8 Å². The molecule has 2 atom stereocenters. The lowest BCUT2D eigenvalue weighted by Crippen LogP contribution is -2.34. The van der Waals surface area contributed by atoms with Crippen LogP contribution in [0.15, 0.2) is 0 Å². The van der Waals surface area contributed by atoms with Gasteiger partial charge in [0.25, 0.3) is 0 Å². The molecular formula is C8H20N2O2. The summed E-state index contributed by atoms with van der Waals surface area (Å²) in [5, 5.41) is 0. The van der Waals surface area contributed by atoms with E-state index in [9.17, 15) is 0 Å². The van der Waals surface area contributed by atoms with Crippen molar-refractivity contribution < 1.29 is 9.47 Å². The highest BCUT2D eigenvalue weighted by molar-refractivity contribution is 4.47. The maximum Gasteiger partial charge on any atom is 0.158 e. The summed E-state index contributed by atoms with van der Waals surface area (Å²) in [6, 6.07) is 0. The van der Waals surface area contributed by atoms with Gasteiger partial charge in [0, 0.05) is 0 Å². The molecule has 4 heteroatoms. The van der Waals surface area contributed by atoms with Gasteiger partial charge < -0.3 is 20.9 Å². The fourth-order valence-electron chi connectivity index (χ4n) is 0.717. The van der Waals surface area contributed by atoms with E-state index in [0.29, 0.717) is 0 Å². The monoisotopic (exact) mass is 176 g/mol. The molecule has 0 heterocycles. The van der Waals surface area contributed by atoms with Crippen molar-refractivity contribution in [3.63, 3.8) is 0 Å². The fraction of sp³-hybridized carbons (Fsp3) is 1.00. The lowest BCUT2D eigenvalue weighted by molar-refractivity contribution is -0.182. The molecule has 0 amide bonds. The minimum absolute atomic E-state index is 0.260. The molecule has 74 valence electrons. The first kappa shape index (κ1) is 11.8. The second-order valence-corrected chi connectivity index (χ2v) is 2.73. The topological polar surface area (TPSA) is 70.5 Å². The van der Waals surface area contributed by atoms with Crippen LogP contribution in [0.4, 0.5) is 0 Å². The summed E-state index contributed by atoms with van der Waals surface area (Å²) in [6.45, 7) is 5.71. The lowest BCUT2D eigenvalue weighted by Gasteiger charge is -2.21. The van der Waals surface area contributed by atoms with Gasteiger partial charge in [0.1, 0.15) is 12.5 Å². The van der Waals surface area contributed by atoms with E-state index in [4.69, 9.17) is 20.9 Å². The zero-order chi connectivity index (χ0) is 9.56. The molecule has 0 spiro atoms. The summed E-state index contributed by atoms with van der Waals surface area (Å²) in [5.74, 6) is 0. The average Bonchev–Trinajstić information content (AvgIpc) is 2.03. The molecule has 0 aliphatic heterocycles. The zero-order valence-corrected chi connectivity index (χ0v) is 8.12. The second kappa shape index (κ2) is 6.37. The standard InChI is InChI=1S/C8H20N2O2/c1-4-7(9)11-6(3)12-8(10)5-2/h6-8H,4-5,9-10H2,1-3H3. The largest absolute Gasteiger partial charge is 0.335 e. The van der Waals surface area contributed by atoms with Crippen molar-refractivity contribution in [3.05, 3.63) is 0 Å². The number of nitrogens with two attached hydrogens (primary N) is 2. The molecule has 0 saturated heterocycles. The molecule has 0 saturated carbocycles. The van der Waals surface area contributed by atoms with Gasteiger partial charge in [-0.3, -0.25) is 0 Å². The van der Waals surface area contributed by atoms with Crippen LogP contribution in [-0.2, 0) is 9.47 Å². The van der Waals surface area contributed by atoms with E-state index in [1.54, 1.807) is 6.92 Å². The van der Waals surface area contributed by atoms with Gasteiger partial charge in [0.15, 0.2) is 6.29 Å². The van der Waals surface area contributed by atoms with Crippen molar-refractivity contribution in [2.24, 2.45) is 11.5 Å². The number of hydrogen-bond donors (Lipinski definition) is 2. The highest BCUT2D eigenvalue weighted by atomic mass is 16.7. The Balaban J connectivity index is 3.51. The molecule has 2 unspecified atom stereocenters. The molecule has 0 radical (unpaired) electrons. The van der Waals surface area contributed by atoms with Gasteiger partial charge in [-0.15, -0.1) is 0 Å². The van der Waals surface area contributed by atoms with Crippen LogP contribution in [0.2, 0.25) is 0 Å². The summed E-state index contributed by atoms with van der Waals surface area (Å²) in [5.41, 5.74) is 11.1. The molecule has 12 heavy (non-hydrogen) atoms. The quantitative estimate of drug-likeness (QED) is 0.586. The van der Waals surface area contributed by atoms with Crippen LogP contribution >= 0.6 is 0 Å². The normalized spacial score (nSPS) is 18.8. The Labute approximate surface area is 74.2 Å². The maximum atomic E-state index is 5.55. The molecule has 4 N–H and O–H groups in total. The summed E-state index contributed by atoms with van der Waals surface area (Å²) >= 11 is 0. The Hall–Kier alpha value is -0.160. The average molecular weight is 176 g/mol. The van der Waals surface area contributed by atoms with Crippen molar-refractivity contribution in [1.29, 1.82) is 0 Å². The van der Waals surface area contributed by atoms with Crippen molar-refractivity contribution >= 4 is 0 Å². The van der Waals surface area contributed by atoms with E-state index in [1.807, 2.05) is 13.8 Å². The van der Waals surface area contributed by atoms with Crippen molar-refractivity contribution in [1.82, 2.24) is 0 Å². The van der Waals surface area contributed by atoms with Gasteiger partial charge in [0.05, 0.1) is 0 Å². The molecule has 0 aromatic carbocycles. The Bertz CT molecular complexity index is 99.2. The van der Waals surface area contributed by atoms with Crippen molar-refractivity contribution in [2.75, 3.05) is 0 Å². The predicted molar refractivity (Wildman–Crippen MR) is 48.2 cm³/mol. The van der Waals surface area contributed by atoms with Crippen LogP contribution in [-0.4, -0.2) is 18.7 Å². The van der Waals surface area contributed by atoms with Crippen molar-refractivity contribution in [2.45, 2.75) is 52.4 Å². The van der Waals surface area contributed by atoms with E-state index < -0.39 is 0 Å². The Morgan fingerprint density at radius 3 is 1.58 bits per heavy atom. The third-order valence-corrected chi connectivity index (χ3v) is 1.54. The summed E-state index contributed by atoms with van der Waals surface area (Å²) < 4.78 is 10.5. The minimum Gasteiger partial charge on any atom is -0.335 e. The Morgan fingerprint density at radius 1 is 1.00 bits per heavy atom. The minimum atomic E-state index is -0.324. The zero-order valence-electron chi connectivity index (χ0n) is 8.12. The third-order valence-electron chi connectivity index (χ3n) is 1.54. The summed E-state index contributed by atoms with van der Waals surface area (Å²) in [6.07, 6.45) is 0.701. The number of rotatable bonds is 6. The fourth-order valence-corrected chi connectivity index (χ4v) is 0.717. The highest BCUT2D eigenvalue weighted by Gasteiger charge is 2.10. The lowest BCUT2D eigenvalue weighted by atomic mass is 10.4. The Kier molecular flexibility index (Phi) is 6.28. The van der Waals surface area contributed by atoms with Gasteiger partial charge in [-0.2, -0.15) is 0 Å². The second-order valence-electron chi connectivity index (χ2n) is 2.73. The van der Waals surface area contributed by atoms with Crippen LogP contribution in [0.1, 0.15) is 33.6 Å². The van der Waals surface area contributed by atoms with Crippen LogP contribution in [0.5, 0.6) is 0 Å². The van der Waals surface area contributed by atoms with Crippen molar-refractivity contribution in [3.8, 4) is 0 Å². The maximum absolute atomic E-state index is 5.55. The molecule has 0 aromatic heterocycles. The van der Waals surface area contributed by atoms with E-state index in [1.165, 1.54) is 0 Å². The van der Waals surface area contributed by atoms with E-state index in [2.05, 4.69) is 0 Å². The molecular weight excluding hydrogens is 156 g/mol. The predicted octanol–water partition coefficient (Wildman–Crippen LogP) is 0.755. The highest BCUT2D eigenvalue weighted by Crippen LogP contribution is 2.02. The molecule has 0 aromatic rings. The molecule has 0 fully saturated rings. The van der Waals surface area contributed by atoms with Gasteiger partial charge >= 0.3 is 0 Å². The smallest absolute Gasteiger partial charge is 0.158 e. The first-order valence-electron chi connectivity index (χ1n) is 4.42. The van der Waals surface area contributed by atoms with Gasteiger partial charge in [0.2, 0.25) is 0 Å². The van der Waals surface area contributed by atoms with Gasteiger partial charge in [-0.25, -0.2) is 0 Å².